The molecule has 0 radical (unpaired) electrons. The lowest BCUT2D eigenvalue weighted by atomic mass is 9.97. The highest BCUT2D eigenvalue weighted by atomic mass is 35.5. The Kier molecular flexibility index (Phi) is 39.9. The highest BCUT2D eigenvalue weighted by Gasteiger charge is 2.01. The van der Waals surface area contributed by atoms with Gasteiger partial charge in [0.15, 0.2) is 0 Å². The van der Waals surface area contributed by atoms with Gasteiger partial charge in [0.1, 0.15) is 0 Å². The summed E-state index contributed by atoms with van der Waals surface area (Å²) in [5, 5.41) is 0. The number of benzene rings is 1. The van der Waals surface area contributed by atoms with Crippen molar-refractivity contribution in [3.63, 3.8) is 0 Å². The van der Waals surface area contributed by atoms with Crippen LogP contribution < -0.4 is 0 Å². The van der Waals surface area contributed by atoms with Gasteiger partial charge in [-0.2, -0.15) is 0 Å². The van der Waals surface area contributed by atoms with Crippen LogP contribution in [0.3, 0.4) is 0 Å². The van der Waals surface area contributed by atoms with Crippen molar-refractivity contribution in [3.05, 3.63) is 34.9 Å². The van der Waals surface area contributed by atoms with Crippen LogP contribution in [-0.2, 0) is 12.8 Å². The maximum Gasteiger partial charge on any atom is -0.00474 e. The van der Waals surface area contributed by atoms with E-state index in [-0.39, 0.29) is 24.8 Å². The Morgan fingerprint density at radius 1 is 0.486 bits per heavy atom. The lowest BCUT2D eigenvalue weighted by Gasteiger charge is -2.13. The van der Waals surface area contributed by atoms with Gasteiger partial charge in [-0.1, -0.05) is 137 Å². The maximum absolute atomic E-state index is 2.40. The molecule has 4 heteroatoms. The van der Waals surface area contributed by atoms with E-state index in [1.54, 1.807) is 11.1 Å². The van der Waals surface area contributed by atoms with Crippen molar-refractivity contribution in [2.75, 3.05) is 39.3 Å². The van der Waals surface area contributed by atoms with Gasteiger partial charge in [0, 0.05) is 0 Å². The Balaban J connectivity index is -0.000000283. The zero-order chi connectivity index (χ0) is 26.7. The van der Waals surface area contributed by atoms with Gasteiger partial charge in [-0.3, -0.25) is 0 Å². The minimum Gasteiger partial charge on any atom is -0.304 e. The van der Waals surface area contributed by atoms with E-state index in [9.17, 15) is 0 Å². The van der Waals surface area contributed by atoms with Crippen molar-refractivity contribution in [2.45, 2.75) is 139 Å². The zero-order valence-corrected chi connectivity index (χ0v) is 28.3. The fraction of sp³-hybridized carbons (Fsp3) is 0.818. The maximum atomic E-state index is 2.40. The summed E-state index contributed by atoms with van der Waals surface area (Å²) in [6.45, 7) is 27.0. The van der Waals surface area contributed by atoms with Crippen LogP contribution in [0.2, 0.25) is 0 Å². The normalized spacial score (nSPS) is 10.1. The largest absolute Gasteiger partial charge is 0.304 e. The summed E-state index contributed by atoms with van der Waals surface area (Å²) < 4.78 is 0. The van der Waals surface area contributed by atoms with E-state index >= 15 is 0 Å². The molecule has 224 valence electrons. The van der Waals surface area contributed by atoms with Gasteiger partial charge in [-0.05, 0) is 76.6 Å². The summed E-state index contributed by atoms with van der Waals surface area (Å²) >= 11 is 0. The lowest BCUT2D eigenvalue weighted by Crippen LogP contribution is -2.21. The van der Waals surface area contributed by atoms with E-state index in [0.717, 1.165) is 0 Å². The Hall–Kier alpha value is -0.280. The summed E-state index contributed by atoms with van der Waals surface area (Å²) in [5.74, 6) is 0. The molecule has 0 heterocycles. The van der Waals surface area contributed by atoms with Crippen molar-refractivity contribution < 1.29 is 0 Å². The Morgan fingerprint density at radius 2 is 0.865 bits per heavy atom. The van der Waals surface area contributed by atoms with Crippen LogP contribution in [-0.4, -0.2) is 49.1 Å². The Bertz CT molecular complexity index is 520. The first kappa shape index (κ1) is 43.8. The first-order chi connectivity index (χ1) is 17.0. The third-order valence-corrected chi connectivity index (χ3v) is 7.23. The average molecular weight is 564 g/mol. The minimum atomic E-state index is 0. The van der Waals surface area contributed by atoms with Gasteiger partial charge < -0.3 is 9.80 Å². The number of rotatable bonds is 18. The van der Waals surface area contributed by atoms with Crippen LogP contribution in [0.15, 0.2) is 18.2 Å². The molecule has 0 fully saturated rings. The standard InChI is InChI=1S/C21H36.2C6H15N.2ClH/c1-4-6-7-8-9-10-11-12-13-14-15-21-18-19(3)16-17-20(21)5-2;2*1-4-7(5-2)6-3;;/h16-18H,4-15H2,1-3H3;2*4-6H2,1-3H3;2*1H. The molecule has 0 spiro atoms. The Labute approximate surface area is 247 Å². The number of hydrogen-bond acceptors (Lipinski definition) is 2. The molecule has 0 aromatic heterocycles. The minimum absolute atomic E-state index is 0. The van der Waals surface area contributed by atoms with Crippen molar-refractivity contribution in [1.82, 2.24) is 9.80 Å². The number of hydrogen-bond donors (Lipinski definition) is 0. The quantitative estimate of drug-likeness (QED) is 0.164. The second-order valence-electron chi connectivity index (χ2n) is 9.80. The predicted octanol–water partition coefficient (Wildman–Crippen LogP) is 10.6. The van der Waals surface area contributed by atoms with Gasteiger partial charge in [-0.15, -0.1) is 24.8 Å². The molecule has 0 amide bonds. The van der Waals surface area contributed by atoms with Crippen LogP contribution in [0.25, 0.3) is 0 Å². The summed E-state index contributed by atoms with van der Waals surface area (Å²) in [6.07, 6.45) is 16.7. The SMILES string of the molecule is CCCCCCCCCCCCc1cc(C)ccc1CC.CCN(CC)CC.CCN(CC)CC.Cl.Cl. The fourth-order valence-corrected chi connectivity index (χ4v) is 4.48. The molecule has 0 atom stereocenters. The smallest absolute Gasteiger partial charge is 0.00474 e. The molecular weight excluding hydrogens is 495 g/mol. The van der Waals surface area contributed by atoms with E-state index in [4.69, 9.17) is 0 Å². The van der Waals surface area contributed by atoms with Crippen molar-refractivity contribution >= 4 is 24.8 Å². The second kappa shape index (κ2) is 33.7. The van der Waals surface area contributed by atoms with E-state index < -0.39 is 0 Å². The van der Waals surface area contributed by atoms with E-state index in [1.165, 1.54) is 122 Å². The van der Waals surface area contributed by atoms with Crippen LogP contribution in [0.1, 0.15) is 136 Å². The molecule has 1 aromatic rings. The van der Waals surface area contributed by atoms with Crippen molar-refractivity contribution in [2.24, 2.45) is 0 Å². The molecule has 0 bridgehead atoms. The third-order valence-electron chi connectivity index (χ3n) is 7.23. The molecule has 0 aliphatic rings. The molecule has 37 heavy (non-hydrogen) atoms. The predicted molar refractivity (Wildman–Crippen MR) is 178 cm³/mol. The van der Waals surface area contributed by atoms with Crippen molar-refractivity contribution in [3.8, 4) is 0 Å². The summed E-state index contributed by atoms with van der Waals surface area (Å²) in [7, 11) is 0. The number of nitrogens with zero attached hydrogens (tertiary/aromatic N) is 2. The summed E-state index contributed by atoms with van der Waals surface area (Å²) in [6, 6.07) is 6.97. The van der Waals surface area contributed by atoms with Gasteiger partial charge in [0.05, 0.1) is 0 Å². The van der Waals surface area contributed by atoms with Crippen LogP contribution in [0.4, 0.5) is 0 Å². The van der Waals surface area contributed by atoms with Crippen molar-refractivity contribution in [1.29, 1.82) is 0 Å². The monoisotopic (exact) mass is 562 g/mol. The molecule has 1 aromatic carbocycles. The van der Waals surface area contributed by atoms with E-state index in [2.05, 4.69) is 90.3 Å². The highest BCUT2D eigenvalue weighted by molar-refractivity contribution is 5.85. The highest BCUT2D eigenvalue weighted by Crippen LogP contribution is 2.17. The number of aryl methyl sites for hydroxylation is 3. The molecule has 2 nitrogen and oxygen atoms in total. The van der Waals surface area contributed by atoms with E-state index in [1.807, 2.05) is 0 Å². The van der Waals surface area contributed by atoms with Crippen LogP contribution in [0.5, 0.6) is 0 Å². The molecule has 0 unspecified atom stereocenters. The number of halogens is 2. The van der Waals surface area contributed by atoms with Gasteiger partial charge in [0.25, 0.3) is 0 Å². The molecule has 0 aliphatic carbocycles. The topological polar surface area (TPSA) is 6.48 Å². The first-order valence-corrected chi connectivity index (χ1v) is 15.5. The molecule has 0 saturated heterocycles. The van der Waals surface area contributed by atoms with Gasteiger partial charge >= 0.3 is 0 Å². The van der Waals surface area contributed by atoms with Gasteiger partial charge in [0.2, 0.25) is 0 Å². The first-order valence-electron chi connectivity index (χ1n) is 15.5. The van der Waals surface area contributed by atoms with Crippen LogP contribution in [0, 0.1) is 6.92 Å². The lowest BCUT2D eigenvalue weighted by molar-refractivity contribution is 0.321. The summed E-state index contributed by atoms with van der Waals surface area (Å²) in [4.78, 5) is 4.75. The Morgan fingerprint density at radius 3 is 1.19 bits per heavy atom. The fourth-order valence-electron chi connectivity index (χ4n) is 4.48. The molecule has 0 saturated carbocycles. The summed E-state index contributed by atoms with van der Waals surface area (Å²) in [5.41, 5.74) is 4.56. The van der Waals surface area contributed by atoms with E-state index in [0.29, 0.717) is 0 Å². The molecular formula is C33H68Cl2N2. The van der Waals surface area contributed by atoms with Gasteiger partial charge in [-0.25, -0.2) is 0 Å². The second-order valence-corrected chi connectivity index (χ2v) is 9.80. The molecule has 0 N–H and O–H groups in total. The molecule has 1 rings (SSSR count). The number of unbranched alkanes of at least 4 members (excludes halogenated alkanes) is 9. The average Bonchev–Trinajstić information content (AvgIpc) is 2.88. The molecule has 0 aliphatic heterocycles. The van der Waals surface area contributed by atoms with Crippen LogP contribution >= 0.6 is 24.8 Å². The third kappa shape index (κ3) is 27.1. The zero-order valence-electron chi connectivity index (χ0n) is 26.7.